The molecule has 0 spiro atoms. The number of carbonyl (C=O) groups is 1. The van der Waals surface area contributed by atoms with Crippen LogP contribution in [0, 0.1) is 5.92 Å². The summed E-state index contributed by atoms with van der Waals surface area (Å²) >= 11 is 0. The number of benzene rings is 1. The third-order valence-electron chi connectivity index (χ3n) is 7.33. The molecule has 13 heteroatoms. The molecule has 0 aromatic heterocycles. The summed E-state index contributed by atoms with van der Waals surface area (Å²) in [6.07, 6.45) is 1.81. The lowest BCUT2D eigenvalue weighted by molar-refractivity contribution is -0.172. The predicted molar refractivity (Wildman–Crippen MR) is 157 cm³/mol. The summed E-state index contributed by atoms with van der Waals surface area (Å²) in [4.78, 5) is 15.7. The van der Waals surface area contributed by atoms with E-state index in [-0.39, 0.29) is 43.5 Å². The van der Waals surface area contributed by atoms with Crippen molar-refractivity contribution in [1.29, 1.82) is 0 Å². The van der Waals surface area contributed by atoms with Crippen molar-refractivity contribution in [1.82, 2.24) is 4.90 Å². The lowest BCUT2D eigenvalue weighted by Crippen LogP contribution is -2.43. The van der Waals surface area contributed by atoms with Crippen molar-refractivity contribution in [3.8, 4) is 11.5 Å². The molecule has 13 nitrogen and oxygen atoms in total. The average molecular weight is 626 g/mol. The molecule has 0 radical (unpaired) electrons. The van der Waals surface area contributed by atoms with E-state index < -0.39 is 6.29 Å². The van der Waals surface area contributed by atoms with Crippen molar-refractivity contribution in [2.75, 3.05) is 112 Å². The molecule has 0 saturated carbocycles. The van der Waals surface area contributed by atoms with Crippen LogP contribution < -0.4 is 9.47 Å². The monoisotopic (exact) mass is 625 g/mol. The molecule has 3 atom stereocenters. The summed E-state index contributed by atoms with van der Waals surface area (Å²) in [5.74, 6) is 0.910. The number of aliphatic hydroxyl groups is 1. The minimum atomic E-state index is -0.682. The van der Waals surface area contributed by atoms with E-state index in [1.165, 1.54) is 0 Å². The van der Waals surface area contributed by atoms with E-state index in [1.807, 2.05) is 31.2 Å². The summed E-state index contributed by atoms with van der Waals surface area (Å²) < 4.78 is 57.2. The van der Waals surface area contributed by atoms with Crippen LogP contribution in [-0.4, -0.2) is 135 Å². The molecule has 1 aromatic rings. The number of hydrogen-bond donors (Lipinski definition) is 1. The highest BCUT2D eigenvalue weighted by Gasteiger charge is 2.39. The third kappa shape index (κ3) is 10.8. The Morgan fingerprint density at radius 1 is 0.864 bits per heavy atom. The molecule has 1 fully saturated rings. The Bertz CT molecular complexity index is 992. The van der Waals surface area contributed by atoms with E-state index in [1.54, 1.807) is 4.90 Å². The zero-order valence-corrected chi connectivity index (χ0v) is 25.7. The Morgan fingerprint density at radius 2 is 1.50 bits per heavy atom. The van der Waals surface area contributed by atoms with Gasteiger partial charge in [0.2, 0.25) is 13.1 Å². The van der Waals surface area contributed by atoms with Crippen LogP contribution in [0.25, 0.3) is 0 Å². The molecule has 248 valence electrons. The van der Waals surface area contributed by atoms with Gasteiger partial charge in [0.1, 0.15) is 0 Å². The molecule has 1 aromatic carbocycles. The Labute approximate surface area is 259 Å². The molecule has 44 heavy (non-hydrogen) atoms. The normalized spacial score (nSPS) is 23.7. The molecule has 3 aliphatic rings. The highest BCUT2D eigenvalue weighted by molar-refractivity contribution is 5.91. The smallest absolute Gasteiger partial charge is 0.288 e. The number of amides is 1. The van der Waals surface area contributed by atoms with Crippen LogP contribution in [-0.2, 0) is 42.7 Å². The minimum Gasteiger partial charge on any atom is -0.459 e. The Hall–Kier alpha value is -2.49. The maximum absolute atomic E-state index is 14.0. The minimum absolute atomic E-state index is 0.0263. The van der Waals surface area contributed by atoms with Crippen LogP contribution in [0.5, 0.6) is 11.5 Å². The standard InChI is InChI=1S/C31H47NO12/c1-2-41-31-25(5-9-35-13-16-38-12-8-33)26(24-3-4-27-28(21-24)43-23-42-27)22-29(44-31)30(34)32-6-10-36-14-17-39-19-20-40-18-15-37-11-7-32/h3-4,21-22,25-26,31,33H,2,5-20,23H2,1H3/t25-,26-,31-/m1/s1. The number of ether oxygens (including phenoxy) is 10. The number of rotatable bonds is 12. The van der Waals surface area contributed by atoms with Gasteiger partial charge in [-0.1, -0.05) is 6.07 Å². The number of hydrogen-bond acceptors (Lipinski definition) is 12. The summed E-state index contributed by atoms with van der Waals surface area (Å²) in [6.45, 7) is 8.13. The largest absolute Gasteiger partial charge is 0.459 e. The van der Waals surface area contributed by atoms with Gasteiger partial charge < -0.3 is 57.4 Å². The van der Waals surface area contributed by atoms with Crippen molar-refractivity contribution < 1.29 is 57.3 Å². The lowest BCUT2D eigenvalue weighted by Gasteiger charge is -2.38. The van der Waals surface area contributed by atoms with Crippen LogP contribution in [0.15, 0.2) is 30.0 Å². The van der Waals surface area contributed by atoms with Crippen molar-refractivity contribution >= 4 is 5.91 Å². The summed E-state index contributed by atoms with van der Waals surface area (Å²) in [5, 5.41) is 8.89. The van der Waals surface area contributed by atoms with Gasteiger partial charge >= 0.3 is 0 Å². The van der Waals surface area contributed by atoms with Crippen LogP contribution in [0.2, 0.25) is 0 Å². The second-order valence-corrected chi connectivity index (χ2v) is 10.3. The number of fused-ring (bicyclic) bond motifs is 1. The maximum Gasteiger partial charge on any atom is 0.288 e. The highest BCUT2D eigenvalue weighted by atomic mass is 16.7. The number of nitrogens with zero attached hydrogens (tertiary/aromatic N) is 1. The van der Waals surface area contributed by atoms with Crippen molar-refractivity contribution in [2.45, 2.75) is 25.6 Å². The fourth-order valence-electron chi connectivity index (χ4n) is 5.12. The molecule has 0 aliphatic carbocycles. The van der Waals surface area contributed by atoms with Gasteiger partial charge in [0, 0.05) is 38.1 Å². The highest BCUT2D eigenvalue weighted by Crippen LogP contribution is 2.42. The fraction of sp³-hybridized carbons (Fsp3) is 0.710. The van der Waals surface area contributed by atoms with Crippen molar-refractivity contribution in [2.24, 2.45) is 5.92 Å². The molecule has 3 aliphatic heterocycles. The second kappa shape index (κ2) is 19.8. The first-order valence-electron chi connectivity index (χ1n) is 15.5. The van der Waals surface area contributed by atoms with Gasteiger partial charge in [0.05, 0.1) is 79.3 Å². The number of aliphatic hydroxyl groups excluding tert-OH is 1. The van der Waals surface area contributed by atoms with Crippen LogP contribution in [0.1, 0.15) is 24.8 Å². The molecule has 1 saturated heterocycles. The van der Waals surface area contributed by atoms with Crippen molar-refractivity contribution in [3.05, 3.63) is 35.6 Å². The topological polar surface area (TPSA) is 133 Å². The van der Waals surface area contributed by atoms with Gasteiger partial charge in [-0.2, -0.15) is 0 Å². The van der Waals surface area contributed by atoms with Crippen LogP contribution in [0.4, 0.5) is 0 Å². The van der Waals surface area contributed by atoms with E-state index in [0.29, 0.717) is 110 Å². The number of allylic oxidation sites excluding steroid dienone is 1. The molecular weight excluding hydrogens is 578 g/mol. The van der Waals surface area contributed by atoms with Crippen LogP contribution >= 0.6 is 0 Å². The van der Waals surface area contributed by atoms with Gasteiger partial charge in [-0.15, -0.1) is 0 Å². The van der Waals surface area contributed by atoms with Crippen LogP contribution in [0.3, 0.4) is 0 Å². The molecule has 0 bridgehead atoms. The Balaban J connectivity index is 1.51. The fourth-order valence-corrected chi connectivity index (χ4v) is 5.12. The average Bonchev–Trinajstić information content (AvgIpc) is 3.51. The first-order valence-corrected chi connectivity index (χ1v) is 15.5. The molecule has 1 amide bonds. The summed E-state index contributed by atoms with van der Waals surface area (Å²) in [7, 11) is 0. The van der Waals surface area contributed by atoms with Gasteiger partial charge in [0.25, 0.3) is 5.91 Å². The van der Waals surface area contributed by atoms with E-state index in [2.05, 4.69) is 0 Å². The molecular formula is C31H47NO12. The molecule has 4 rings (SSSR count). The third-order valence-corrected chi connectivity index (χ3v) is 7.33. The van der Waals surface area contributed by atoms with Gasteiger partial charge in [-0.25, -0.2) is 0 Å². The zero-order chi connectivity index (χ0) is 30.8. The van der Waals surface area contributed by atoms with Gasteiger partial charge in [-0.05, 0) is 37.1 Å². The molecule has 0 unspecified atom stereocenters. The van der Waals surface area contributed by atoms with E-state index in [4.69, 9.17) is 52.5 Å². The Kier molecular flexibility index (Phi) is 15.5. The second-order valence-electron chi connectivity index (χ2n) is 10.3. The first-order chi connectivity index (χ1) is 21.7. The van der Waals surface area contributed by atoms with E-state index in [0.717, 1.165) is 5.56 Å². The van der Waals surface area contributed by atoms with Crippen molar-refractivity contribution in [3.63, 3.8) is 0 Å². The van der Waals surface area contributed by atoms with E-state index >= 15 is 0 Å². The number of carbonyl (C=O) groups excluding carboxylic acids is 1. The summed E-state index contributed by atoms with van der Waals surface area (Å²) in [5.41, 5.74) is 0.951. The zero-order valence-electron chi connectivity index (χ0n) is 25.7. The van der Waals surface area contributed by atoms with Gasteiger partial charge in [0.15, 0.2) is 17.3 Å². The maximum atomic E-state index is 14.0. The Morgan fingerprint density at radius 3 is 2.16 bits per heavy atom. The first kappa shape index (κ1) is 34.4. The lowest BCUT2D eigenvalue weighted by atomic mass is 9.81. The van der Waals surface area contributed by atoms with E-state index in [9.17, 15) is 4.79 Å². The summed E-state index contributed by atoms with van der Waals surface area (Å²) in [6, 6.07) is 5.82. The quantitative estimate of drug-likeness (QED) is 0.339. The van der Waals surface area contributed by atoms with Gasteiger partial charge in [-0.3, -0.25) is 4.79 Å². The SMILES string of the molecule is CCO[C@@H]1OC(C(=O)N2CCOCCOCCOCCOCC2)=C[C@H](c2ccc3c(c2)OCO3)[C@H]1CCOCCOCCO. The predicted octanol–water partition coefficient (Wildman–Crippen LogP) is 1.72. The molecule has 1 N–H and O–H groups in total. The molecule has 3 heterocycles.